The van der Waals surface area contributed by atoms with Gasteiger partial charge in [0.1, 0.15) is 0 Å². The number of benzene rings is 2. The lowest BCUT2D eigenvalue weighted by Gasteiger charge is -2.32. The number of aromatic nitrogens is 2. The first-order chi connectivity index (χ1) is 14.5. The normalized spacial score (nSPS) is 19.4. The third kappa shape index (κ3) is 4.27. The largest absolute Gasteiger partial charge is 0.396 e. The maximum absolute atomic E-state index is 13.5. The van der Waals surface area contributed by atoms with E-state index in [1.54, 1.807) is 12.1 Å². The number of hydrogen-bond donors (Lipinski definition) is 1. The molecule has 1 saturated carbocycles. The van der Waals surface area contributed by atoms with Crippen molar-refractivity contribution < 1.29 is 18.0 Å². The van der Waals surface area contributed by atoms with Crippen molar-refractivity contribution in [2.24, 2.45) is 5.92 Å². The number of hydrogen-bond acceptors (Lipinski definition) is 6. The van der Waals surface area contributed by atoms with Gasteiger partial charge in [-0.1, -0.05) is 47.4 Å². The lowest BCUT2D eigenvalue weighted by molar-refractivity contribution is 0.166. The maximum Gasteiger partial charge on any atom is 0.243 e. The summed E-state index contributed by atoms with van der Waals surface area (Å²) in [5.74, 6) is 0.397. The Kier molecular flexibility index (Phi) is 6.19. The van der Waals surface area contributed by atoms with E-state index in [1.807, 2.05) is 24.3 Å². The summed E-state index contributed by atoms with van der Waals surface area (Å²) in [6.07, 6.45) is 3.68. The fourth-order valence-corrected chi connectivity index (χ4v) is 5.80. The molecule has 0 saturated heterocycles. The molecular formula is C21H22ClN3O4S. The minimum atomic E-state index is -3.77. The minimum Gasteiger partial charge on any atom is -0.396 e. The number of aliphatic hydroxyl groups is 1. The van der Waals surface area contributed by atoms with Crippen LogP contribution in [0, 0.1) is 5.92 Å². The molecule has 0 spiro atoms. The molecule has 158 valence electrons. The highest BCUT2D eigenvalue weighted by atomic mass is 35.5. The van der Waals surface area contributed by atoms with E-state index >= 15 is 0 Å². The summed E-state index contributed by atoms with van der Waals surface area (Å²) in [5.41, 5.74) is 1.62. The first kappa shape index (κ1) is 21.0. The third-order valence-corrected chi connectivity index (χ3v) is 7.69. The van der Waals surface area contributed by atoms with E-state index in [0.717, 1.165) is 30.4 Å². The van der Waals surface area contributed by atoms with Crippen LogP contribution >= 0.6 is 11.6 Å². The van der Waals surface area contributed by atoms with Crippen LogP contribution in [-0.4, -0.2) is 40.6 Å². The van der Waals surface area contributed by atoms with Gasteiger partial charge in [0.2, 0.25) is 22.2 Å². The molecule has 0 unspecified atom stereocenters. The second kappa shape index (κ2) is 8.85. The van der Waals surface area contributed by atoms with E-state index < -0.39 is 10.0 Å². The Morgan fingerprint density at radius 1 is 1.10 bits per heavy atom. The van der Waals surface area contributed by atoms with Crippen LogP contribution in [0.25, 0.3) is 11.4 Å². The highest BCUT2D eigenvalue weighted by Gasteiger charge is 2.38. The van der Waals surface area contributed by atoms with Crippen LogP contribution in [0.5, 0.6) is 0 Å². The molecule has 4 rings (SSSR count). The van der Waals surface area contributed by atoms with Crippen LogP contribution in [0.1, 0.15) is 24.8 Å². The highest BCUT2D eigenvalue weighted by Crippen LogP contribution is 2.34. The molecule has 1 N–H and O–H groups in total. The molecule has 0 amide bonds. The maximum atomic E-state index is 13.5. The van der Waals surface area contributed by atoms with Gasteiger partial charge in [0, 0.05) is 29.8 Å². The summed E-state index contributed by atoms with van der Waals surface area (Å²) in [5, 5.41) is 14.1. The number of rotatable bonds is 7. The SMILES string of the molecule is O=S(=O)(c1ccc(Cl)cc1)N(Cc1ccc(-c2ncon2)cc1)[C@H]1CCC[C@@H]1CO. The molecule has 0 radical (unpaired) electrons. The highest BCUT2D eigenvalue weighted by molar-refractivity contribution is 7.89. The van der Waals surface area contributed by atoms with Gasteiger partial charge in [-0.2, -0.15) is 9.29 Å². The van der Waals surface area contributed by atoms with Crippen LogP contribution in [0.4, 0.5) is 0 Å². The second-order valence-electron chi connectivity index (χ2n) is 7.40. The van der Waals surface area contributed by atoms with Gasteiger partial charge in [0.15, 0.2) is 0 Å². The molecule has 1 aliphatic rings. The van der Waals surface area contributed by atoms with Crippen molar-refractivity contribution in [1.29, 1.82) is 0 Å². The van der Waals surface area contributed by atoms with Gasteiger partial charge in [0.05, 0.1) is 4.90 Å². The number of halogens is 1. The van der Waals surface area contributed by atoms with E-state index in [4.69, 9.17) is 16.1 Å². The summed E-state index contributed by atoms with van der Waals surface area (Å²) in [7, 11) is -3.77. The molecule has 2 atom stereocenters. The van der Waals surface area contributed by atoms with E-state index in [2.05, 4.69) is 10.1 Å². The predicted molar refractivity (Wildman–Crippen MR) is 112 cm³/mol. The van der Waals surface area contributed by atoms with Crippen molar-refractivity contribution in [3.05, 3.63) is 65.5 Å². The number of sulfonamides is 1. The van der Waals surface area contributed by atoms with Crippen LogP contribution < -0.4 is 0 Å². The topological polar surface area (TPSA) is 96.5 Å². The Morgan fingerprint density at radius 3 is 2.47 bits per heavy atom. The molecule has 30 heavy (non-hydrogen) atoms. The number of nitrogens with zero attached hydrogens (tertiary/aromatic N) is 3. The fourth-order valence-electron chi connectivity index (χ4n) is 3.97. The lowest BCUT2D eigenvalue weighted by atomic mass is 10.0. The molecule has 1 aliphatic carbocycles. The summed E-state index contributed by atoms with van der Waals surface area (Å²) in [4.78, 5) is 4.22. The molecule has 1 heterocycles. The van der Waals surface area contributed by atoms with Gasteiger partial charge in [0.25, 0.3) is 0 Å². The van der Waals surface area contributed by atoms with E-state index in [9.17, 15) is 13.5 Å². The summed E-state index contributed by atoms with van der Waals surface area (Å²) in [6.45, 7) is 0.173. The molecule has 9 heteroatoms. The first-order valence-electron chi connectivity index (χ1n) is 9.73. The third-order valence-electron chi connectivity index (χ3n) is 5.56. The zero-order valence-corrected chi connectivity index (χ0v) is 17.8. The monoisotopic (exact) mass is 447 g/mol. The zero-order valence-electron chi connectivity index (χ0n) is 16.2. The Bertz CT molecular complexity index is 1070. The van der Waals surface area contributed by atoms with Crippen molar-refractivity contribution in [3.8, 4) is 11.4 Å². The van der Waals surface area contributed by atoms with Crippen LogP contribution in [0.3, 0.4) is 0 Å². The average molecular weight is 448 g/mol. The van der Waals surface area contributed by atoms with E-state index in [0.29, 0.717) is 10.8 Å². The molecule has 0 aliphatic heterocycles. The zero-order chi connectivity index (χ0) is 21.1. The Morgan fingerprint density at radius 2 is 1.83 bits per heavy atom. The molecule has 2 aromatic carbocycles. The van der Waals surface area contributed by atoms with Crippen molar-refractivity contribution >= 4 is 21.6 Å². The van der Waals surface area contributed by atoms with Crippen LogP contribution in [0.15, 0.2) is 64.3 Å². The van der Waals surface area contributed by atoms with Crippen molar-refractivity contribution in [2.75, 3.05) is 6.61 Å². The quantitative estimate of drug-likeness (QED) is 0.592. The average Bonchev–Trinajstić information content (AvgIpc) is 3.44. The van der Waals surface area contributed by atoms with Gasteiger partial charge >= 0.3 is 0 Å². The van der Waals surface area contributed by atoms with Crippen LogP contribution in [-0.2, 0) is 16.6 Å². The molecule has 3 aromatic rings. The molecule has 1 fully saturated rings. The molecular weight excluding hydrogens is 426 g/mol. The minimum absolute atomic E-state index is 0.0337. The smallest absolute Gasteiger partial charge is 0.243 e. The van der Waals surface area contributed by atoms with Crippen molar-refractivity contribution in [3.63, 3.8) is 0 Å². The summed E-state index contributed by atoms with van der Waals surface area (Å²) >= 11 is 5.94. The standard InChI is InChI=1S/C21H22ClN3O4S/c22-18-8-10-19(11-9-18)30(27,28)25(20-3-1-2-17(20)13-26)12-15-4-6-16(7-5-15)21-23-14-29-24-21/h4-11,14,17,20,26H,1-3,12-13H2/t17-,20+/m1/s1. The summed E-state index contributed by atoms with van der Waals surface area (Å²) < 4.78 is 33.3. The fraction of sp³-hybridized carbons (Fsp3) is 0.333. The lowest BCUT2D eigenvalue weighted by Crippen LogP contribution is -2.42. The van der Waals surface area contributed by atoms with E-state index in [1.165, 1.54) is 22.8 Å². The van der Waals surface area contributed by atoms with Crippen molar-refractivity contribution in [2.45, 2.75) is 36.7 Å². The Hall–Kier alpha value is -2.26. The van der Waals surface area contributed by atoms with Gasteiger partial charge in [-0.25, -0.2) is 8.42 Å². The van der Waals surface area contributed by atoms with Gasteiger partial charge < -0.3 is 9.63 Å². The van der Waals surface area contributed by atoms with E-state index in [-0.39, 0.29) is 30.0 Å². The van der Waals surface area contributed by atoms with Gasteiger partial charge in [-0.15, -0.1) is 0 Å². The van der Waals surface area contributed by atoms with Gasteiger partial charge in [-0.3, -0.25) is 0 Å². The Balaban J connectivity index is 1.66. The van der Waals surface area contributed by atoms with Gasteiger partial charge in [-0.05, 0) is 48.6 Å². The second-order valence-corrected chi connectivity index (χ2v) is 9.72. The summed E-state index contributed by atoms with van der Waals surface area (Å²) in [6, 6.07) is 13.3. The molecule has 1 aromatic heterocycles. The molecule has 0 bridgehead atoms. The Labute approximate surface area is 180 Å². The molecule has 7 nitrogen and oxygen atoms in total. The van der Waals surface area contributed by atoms with Crippen molar-refractivity contribution in [1.82, 2.24) is 14.4 Å². The van der Waals surface area contributed by atoms with Crippen LogP contribution in [0.2, 0.25) is 5.02 Å². The predicted octanol–water partition coefficient (Wildman–Crippen LogP) is 3.74. The number of aliphatic hydroxyl groups excluding tert-OH is 1. The first-order valence-corrected chi connectivity index (χ1v) is 11.5.